The molecule has 11 heteroatoms. The van der Waals surface area contributed by atoms with E-state index < -0.39 is 11.8 Å². The smallest absolute Gasteiger partial charge is 0.321 e. The molecule has 0 aliphatic rings. The van der Waals surface area contributed by atoms with Crippen LogP contribution >= 0.6 is 0 Å². The summed E-state index contributed by atoms with van der Waals surface area (Å²) in [4.78, 5) is 62.6. The van der Waals surface area contributed by atoms with E-state index in [1.54, 1.807) is 42.5 Å². The molecule has 0 bridgehead atoms. The molecule has 0 spiro atoms. The first-order valence-electron chi connectivity index (χ1n) is 9.48. The molecule has 3 heterocycles. The number of carbonyl (C=O) groups is 2. The molecule has 3 aromatic heterocycles. The van der Waals surface area contributed by atoms with Gasteiger partial charge in [0.05, 0.1) is 22.1 Å². The van der Waals surface area contributed by atoms with Crippen LogP contribution in [0.25, 0.3) is 22.1 Å². The number of hydrogen-bond donors (Lipinski definition) is 6. The van der Waals surface area contributed by atoms with Gasteiger partial charge in [0.2, 0.25) is 0 Å². The lowest BCUT2D eigenvalue weighted by Crippen LogP contribution is -2.18. The molecule has 2 aromatic carbocycles. The number of rotatable bonds is 4. The Hall–Kier alpha value is -4.93. The van der Waals surface area contributed by atoms with Gasteiger partial charge in [-0.1, -0.05) is 6.07 Å². The second-order valence-corrected chi connectivity index (χ2v) is 7.00. The number of pyridine rings is 1. The normalized spacial score (nSPS) is 11.0. The van der Waals surface area contributed by atoms with Crippen molar-refractivity contribution in [1.29, 1.82) is 0 Å². The molecule has 158 valence electrons. The Bertz CT molecular complexity index is 1510. The van der Waals surface area contributed by atoms with Crippen molar-refractivity contribution in [3.05, 3.63) is 87.0 Å². The summed E-state index contributed by atoms with van der Waals surface area (Å²) in [5.41, 5.74) is 2.67. The van der Waals surface area contributed by atoms with Gasteiger partial charge in [-0.15, -0.1) is 0 Å². The second-order valence-electron chi connectivity index (χ2n) is 7.00. The van der Waals surface area contributed by atoms with E-state index in [0.717, 1.165) is 0 Å². The van der Waals surface area contributed by atoms with Crippen molar-refractivity contribution in [1.82, 2.24) is 24.9 Å². The third-order valence-electron chi connectivity index (χ3n) is 4.76. The Morgan fingerprint density at radius 2 is 1.06 bits per heavy atom. The lowest BCUT2D eigenvalue weighted by molar-refractivity contribution is 0.101. The quantitative estimate of drug-likeness (QED) is 0.256. The highest BCUT2D eigenvalue weighted by molar-refractivity contribution is 6.06. The summed E-state index contributed by atoms with van der Waals surface area (Å²) in [6.45, 7) is 0. The molecule has 0 saturated carbocycles. The zero-order chi connectivity index (χ0) is 22.2. The summed E-state index contributed by atoms with van der Waals surface area (Å²) in [5.74, 6) is -1.02. The minimum absolute atomic E-state index is 0.0470. The number of aromatic amines is 4. The Morgan fingerprint density at radius 3 is 1.53 bits per heavy atom. The van der Waals surface area contributed by atoms with Gasteiger partial charge in [-0.05, 0) is 48.5 Å². The maximum Gasteiger partial charge on any atom is 0.323 e. The Kier molecular flexibility index (Phi) is 4.40. The van der Waals surface area contributed by atoms with Crippen LogP contribution in [0.5, 0.6) is 0 Å². The van der Waals surface area contributed by atoms with Gasteiger partial charge in [0.15, 0.2) is 0 Å². The summed E-state index contributed by atoms with van der Waals surface area (Å²) in [6, 6.07) is 14.4. The minimum Gasteiger partial charge on any atom is -0.321 e. The molecular formula is C21H15N7O4. The average Bonchev–Trinajstić information content (AvgIpc) is 3.33. The summed E-state index contributed by atoms with van der Waals surface area (Å²) >= 11 is 0. The van der Waals surface area contributed by atoms with Crippen molar-refractivity contribution in [2.24, 2.45) is 0 Å². The van der Waals surface area contributed by atoms with Crippen LogP contribution in [-0.2, 0) is 0 Å². The highest BCUT2D eigenvalue weighted by Gasteiger charge is 2.14. The van der Waals surface area contributed by atoms with Crippen LogP contribution in [0.15, 0.2) is 64.2 Å². The summed E-state index contributed by atoms with van der Waals surface area (Å²) < 4.78 is 0. The van der Waals surface area contributed by atoms with Crippen molar-refractivity contribution < 1.29 is 9.59 Å². The van der Waals surface area contributed by atoms with Gasteiger partial charge in [0, 0.05) is 11.4 Å². The van der Waals surface area contributed by atoms with Crippen molar-refractivity contribution >= 4 is 45.3 Å². The van der Waals surface area contributed by atoms with E-state index >= 15 is 0 Å². The molecule has 0 saturated heterocycles. The van der Waals surface area contributed by atoms with Crippen molar-refractivity contribution in [2.45, 2.75) is 0 Å². The fourth-order valence-corrected chi connectivity index (χ4v) is 3.30. The molecular weight excluding hydrogens is 414 g/mol. The number of anilines is 2. The van der Waals surface area contributed by atoms with Crippen LogP contribution in [0.3, 0.4) is 0 Å². The van der Waals surface area contributed by atoms with Gasteiger partial charge in [-0.2, -0.15) is 0 Å². The molecule has 0 atom stereocenters. The third-order valence-corrected chi connectivity index (χ3v) is 4.76. The fraction of sp³-hybridized carbons (Fsp3) is 0. The monoisotopic (exact) mass is 429 g/mol. The molecule has 11 nitrogen and oxygen atoms in total. The number of carbonyl (C=O) groups excluding carboxylic acids is 2. The van der Waals surface area contributed by atoms with Crippen molar-refractivity contribution in [3.8, 4) is 0 Å². The number of hydrogen-bond acceptors (Lipinski definition) is 5. The summed E-state index contributed by atoms with van der Waals surface area (Å²) in [6.07, 6.45) is 0. The maximum atomic E-state index is 12.6. The van der Waals surface area contributed by atoms with Crippen LogP contribution in [-0.4, -0.2) is 36.7 Å². The topological polar surface area (TPSA) is 168 Å². The SMILES string of the molecule is O=C(Nc1ccc2[nH]c(=O)[nH]c2c1)c1cccc(C(=O)Nc2ccc3[nH]c(=O)[nH]c3c2)n1. The molecule has 0 fully saturated rings. The molecule has 5 aromatic rings. The van der Waals surface area contributed by atoms with E-state index in [2.05, 4.69) is 35.6 Å². The van der Waals surface area contributed by atoms with Gasteiger partial charge < -0.3 is 30.6 Å². The van der Waals surface area contributed by atoms with E-state index in [1.165, 1.54) is 12.1 Å². The zero-order valence-electron chi connectivity index (χ0n) is 16.3. The number of benzene rings is 2. The number of aromatic nitrogens is 5. The highest BCUT2D eigenvalue weighted by atomic mass is 16.2. The van der Waals surface area contributed by atoms with E-state index in [-0.39, 0.29) is 22.8 Å². The maximum absolute atomic E-state index is 12.6. The Labute approximate surface area is 177 Å². The summed E-state index contributed by atoms with van der Waals surface area (Å²) in [5, 5.41) is 5.38. The molecule has 2 amide bonds. The molecule has 32 heavy (non-hydrogen) atoms. The first kappa shape index (κ1) is 19.1. The van der Waals surface area contributed by atoms with E-state index in [9.17, 15) is 19.2 Å². The Morgan fingerprint density at radius 1 is 0.625 bits per heavy atom. The van der Waals surface area contributed by atoms with E-state index in [0.29, 0.717) is 33.4 Å². The standard InChI is InChI=1S/C21H15N7O4/c29-18(22-10-4-6-12-16(8-10)27-20(31)25-12)14-2-1-3-15(24-14)19(30)23-11-5-7-13-17(9-11)28-21(32)26-13/h1-9H,(H,22,29)(H,23,30)(H2,25,27,31)(H2,26,28,32). The number of nitrogens with one attached hydrogen (secondary N) is 6. The van der Waals surface area contributed by atoms with E-state index in [4.69, 9.17) is 0 Å². The van der Waals surface area contributed by atoms with Gasteiger partial charge in [-0.3, -0.25) is 9.59 Å². The van der Waals surface area contributed by atoms with Crippen LogP contribution in [0.4, 0.5) is 11.4 Å². The lowest BCUT2D eigenvalue weighted by atomic mass is 10.2. The predicted molar refractivity (Wildman–Crippen MR) is 118 cm³/mol. The van der Waals surface area contributed by atoms with Crippen molar-refractivity contribution in [3.63, 3.8) is 0 Å². The molecule has 5 rings (SSSR count). The molecule has 0 aliphatic carbocycles. The van der Waals surface area contributed by atoms with Gasteiger partial charge >= 0.3 is 11.4 Å². The van der Waals surface area contributed by atoms with Gasteiger partial charge in [0.25, 0.3) is 11.8 Å². The van der Waals surface area contributed by atoms with Crippen LogP contribution in [0, 0.1) is 0 Å². The second kappa shape index (κ2) is 7.40. The van der Waals surface area contributed by atoms with Crippen LogP contribution in [0.1, 0.15) is 21.0 Å². The number of imidazole rings is 2. The number of amides is 2. The van der Waals surface area contributed by atoms with Crippen molar-refractivity contribution in [2.75, 3.05) is 10.6 Å². The van der Waals surface area contributed by atoms with Crippen LogP contribution in [0.2, 0.25) is 0 Å². The zero-order valence-corrected chi connectivity index (χ0v) is 16.3. The molecule has 0 unspecified atom stereocenters. The minimum atomic E-state index is -0.511. The lowest BCUT2D eigenvalue weighted by Gasteiger charge is -2.08. The number of H-pyrrole nitrogens is 4. The molecule has 0 radical (unpaired) electrons. The number of fused-ring (bicyclic) bond motifs is 2. The average molecular weight is 429 g/mol. The van der Waals surface area contributed by atoms with E-state index in [1.807, 2.05) is 0 Å². The largest absolute Gasteiger partial charge is 0.323 e. The van der Waals surface area contributed by atoms with Gasteiger partial charge in [-0.25, -0.2) is 14.6 Å². The first-order chi connectivity index (χ1) is 15.4. The molecule has 6 N–H and O–H groups in total. The molecule has 0 aliphatic heterocycles. The predicted octanol–water partition coefficient (Wildman–Crippen LogP) is 1.93. The van der Waals surface area contributed by atoms with Gasteiger partial charge in [0.1, 0.15) is 11.4 Å². The third kappa shape index (κ3) is 3.65. The fourth-order valence-electron chi connectivity index (χ4n) is 3.30. The van der Waals surface area contributed by atoms with Crippen LogP contribution < -0.4 is 22.0 Å². The Balaban J connectivity index is 1.34. The highest BCUT2D eigenvalue weighted by Crippen LogP contribution is 2.17. The number of nitrogens with zero attached hydrogens (tertiary/aromatic N) is 1. The summed E-state index contributed by atoms with van der Waals surface area (Å²) in [7, 11) is 0. The first-order valence-corrected chi connectivity index (χ1v) is 9.48.